The Balaban J connectivity index is 2.03. The highest BCUT2D eigenvalue weighted by atomic mass is 32.2. The van der Waals surface area contributed by atoms with Gasteiger partial charge in [0.05, 0.1) is 18.0 Å². The van der Waals surface area contributed by atoms with Crippen molar-refractivity contribution in [3.05, 3.63) is 101 Å². The SMILES string of the molecule is CCOc1cc(Nc2ccc(C)cc2S(=O)(=O)O)c(S(=O)(=O)O)cc1C(=C1C=CC(=[N+](C)C)C=C1)c1ccc(N(C)C)cc1. The van der Waals surface area contributed by atoms with E-state index < -0.39 is 30.0 Å². The van der Waals surface area contributed by atoms with Gasteiger partial charge < -0.3 is 15.0 Å². The van der Waals surface area contributed by atoms with Crippen LogP contribution in [0.5, 0.6) is 5.75 Å². The van der Waals surface area contributed by atoms with Crippen LogP contribution >= 0.6 is 0 Å². The van der Waals surface area contributed by atoms with Crippen molar-refractivity contribution in [1.29, 1.82) is 0 Å². The van der Waals surface area contributed by atoms with Crippen LogP contribution in [0.25, 0.3) is 5.57 Å². The summed E-state index contributed by atoms with van der Waals surface area (Å²) in [6.45, 7) is 3.66. The second kappa shape index (κ2) is 12.8. The third-order valence-corrected chi connectivity index (χ3v) is 8.75. The highest BCUT2D eigenvalue weighted by molar-refractivity contribution is 7.86. The molecule has 0 amide bonds. The van der Waals surface area contributed by atoms with E-state index in [9.17, 15) is 25.9 Å². The van der Waals surface area contributed by atoms with E-state index in [-0.39, 0.29) is 23.7 Å². The molecule has 232 valence electrons. The van der Waals surface area contributed by atoms with E-state index in [0.29, 0.717) is 16.7 Å². The largest absolute Gasteiger partial charge is 0.493 e. The lowest BCUT2D eigenvalue weighted by molar-refractivity contribution is -0.462. The van der Waals surface area contributed by atoms with E-state index in [4.69, 9.17) is 4.74 Å². The summed E-state index contributed by atoms with van der Waals surface area (Å²) in [6, 6.07) is 14.7. The Morgan fingerprint density at radius 3 is 1.95 bits per heavy atom. The molecule has 44 heavy (non-hydrogen) atoms. The van der Waals surface area contributed by atoms with E-state index in [1.807, 2.05) is 86.2 Å². The van der Waals surface area contributed by atoms with Gasteiger partial charge in [-0.15, -0.1) is 0 Å². The van der Waals surface area contributed by atoms with Crippen LogP contribution in [0.1, 0.15) is 23.6 Å². The Kier molecular flexibility index (Phi) is 9.50. The van der Waals surface area contributed by atoms with Crippen molar-refractivity contribution < 1.29 is 35.3 Å². The molecular formula is C32H36N3O7S2+. The molecule has 3 aromatic carbocycles. The third kappa shape index (κ3) is 7.28. The first kappa shape index (κ1) is 32.7. The smallest absolute Gasteiger partial charge is 0.296 e. The Hall–Kier alpha value is -4.23. The highest BCUT2D eigenvalue weighted by Gasteiger charge is 2.26. The van der Waals surface area contributed by atoms with Crippen molar-refractivity contribution in [1.82, 2.24) is 0 Å². The summed E-state index contributed by atoms with van der Waals surface area (Å²) in [5.74, 6) is 0.284. The van der Waals surface area contributed by atoms with Crippen LogP contribution in [0.15, 0.2) is 94.3 Å². The van der Waals surface area contributed by atoms with Gasteiger partial charge in [0.2, 0.25) is 0 Å². The number of anilines is 3. The van der Waals surface area contributed by atoms with Crippen molar-refractivity contribution in [3.8, 4) is 5.75 Å². The van der Waals surface area contributed by atoms with Crippen LogP contribution in [0.2, 0.25) is 0 Å². The average Bonchev–Trinajstić information content (AvgIpc) is 2.94. The normalized spacial score (nSPS) is 13.2. The fourth-order valence-corrected chi connectivity index (χ4v) is 6.15. The van der Waals surface area contributed by atoms with Crippen LogP contribution in [0.3, 0.4) is 0 Å². The molecule has 12 heteroatoms. The third-order valence-electron chi connectivity index (χ3n) is 6.96. The van der Waals surface area contributed by atoms with E-state index in [1.54, 1.807) is 19.9 Å². The summed E-state index contributed by atoms with van der Waals surface area (Å²) in [6.07, 6.45) is 7.73. The molecular weight excluding hydrogens is 603 g/mol. The molecule has 0 aromatic heterocycles. The van der Waals surface area contributed by atoms with Gasteiger partial charge in [0.15, 0.2) is 5.71 Å². The first-order valence-electron chi connectivity index (χ1n) is 13.7. The van der Waals surface area contributed by atoms with Gasteiger partial charge >= 0.3 is 0 Å². The number of rotatable bonds is 9. The number of benzene rings is 3. The molecule has 0 saturated carbocycles. The molecule has 4 rings (SSSR count). The van der Waals surface area contributed by atoms with Crippen molar-refractivity contribution in [2.75, 3.05) is 45.0 Å². The average molecular weight is 639 g/mol. The molecule has 0 bridgehead atoms. The van der Waals surface area contributed by atoms with E-state index in [0.717, 1.165) is 22.5 Å². The van der Waals surface area contributed by atoms with Crippen LogP contribution in [0, 0.1) is 6.92 Å². The Morgan fingerprint density at radius 1 is 0.841 bits per heavy atom. The number of hydrogen-bond acceptors (Lipinski definition) is 7. The van der Waals surface area contributed by atoms with Gasteiger partial charge in [-0.25, -0.2) is 4.58 Å². The van der Waals surface area contributed by atoms with Crippen LogP contribution in [-0.2, 0) is 20.2 Å². The van der Waals surface area contributed by atoms with Crippen LogP contribution < -0.4 is 15.0 Å². The Morgan fingerprint density at radius 2 is 1.43 bits per heavy atom. The molecule has 0 heterocycles. The molecule has 3 N–H and O–H groups in total. The van der Waals surface area contributed by atoms with Crippen molar-refractivity contribution in [3.63, 3.8) is 0 Å². The maximum Gasteiger partial charge on any atom is 0.296 e. The molecule has 0 unspecified atom stereocenters. The minimum Gasteiger partial charge on any atom is -0.493 e. The minimum absolute atomic E-state index is 0.0825. The molecule has 0 radical (unpaired) electrons. The fraction of sp³-hybridized carbons (Fsp3) is 0.219. The van der Waals surface area contributed by atoms with Gasteiger partial charge in [-0.3, -0.25) is 9.11 Å². The number of aryl methyl sites for hydroxylation is 1. The summed E-state index contributed by atoms with van der Waals surface area (Å²) in [7, 11) is -1.81. The molecule has 1 aliphatic rings. The standard InChI is InChI=1S/C32H35N3O7S2/c1-7-42-29-20-28(33-27-17-8-21(2)18-30(27)43(36,37)38)31(44(39,40)41)19-26(29)32(22-9-13-24(14-10-22)34(3)4)23-11-15-25(16-12-23)35(5)6/h8-20H,7H2,1-6H3,(H2,36,37,38,39,40,41)/p+1. The van der Waals surface area contributed by atoms with Gasteiger partial charge in [-0.05, 0) is 78.6 Å². The number of ether oxygens (including phenoxy) is 1. The highest BCUT2D eigenvalue weighted by Crippen LogP contribution is 2.41. The number of nitrogens with one attached hydrogen (secondary N) is 1. The first-order chi connectivity index (χ1) is 20.6. The van der Waals surface area contributed by atoms with Gasteiger partial charge in [0.25, 0.3) is 20.2 Å². The molecule has 0 aliphatic heterocycles. The zero-order valence-corrected chi connectivity index (χ0v) is 27.0. The van der Waals surface area contributed by atoms with Crippen molar-refractivity contribution in [2.24, 2.45) is 0 Å². The second-order valence-electron chi connectivity index (χ2n) is 10.6. The van der Waals surface area contributed by atoms with E-state index >= 15 is 0 Å². The van der Waals surface area contributed by atoms with Crippen LogP contribution in [0.4, 0.5) is 17.1 Å². The van der Waals surface area contributed by atoms with Gasteiger partial charge in [-0.1, -0.05) is 18.2 Å². The van der Waals surface area contributed by atoms with E-state index in [1.165, 1.54) is 24.3 Å². The summed E-state index contributed by atoms with van der Waals surface area (Å²) < 4.78 is 78.2. The predicted molar refractivity (Wildman–Crippen MR) is 174 cm³/mol. The maximum absolute atomic E-state index is 12.8. The van der Waals surface area contributed by atoms with Gasteiger partial charge in [-0.2, -0.15) is 16.8 Å². The van der Waals surface area contributed by atoms with Gasteiger partial charge in [0, 0.05) is 43.6 Å². The second-order valence-corrected chi connectivity index (χ2v) is 13.4. The molecule has 0 spiro atoms. The lowest BCUT2D eigenvalue weighted by Gasteiger charge is -2.21. The van der Waals surface area contributed by atoms with Crippen molar-refractivity contribution in [2.45, 2.75) is 23.6 Å². The first-order valence-corrected chi connectivity index (χ1v) is 16.5. The molecule has 0 saturated heterocycles. The fourth-order valence-electron chi connectivity index (χ4n) is 4.76. The molecule has 0 fully saturated rings. The lowest BCUT2D eigenvalue weighted by atomic mass is 9.89. The molecule has 1 aliphatic carbocycles. The van der Waals surface area contributed by atoms with E-state index in [2.05, 4.69) is 5.32 Å². The van der Waals surface area contributed by atoms with Gasteiger partial charge in [0.1, 0.15) is 29.6 Å². The zero-order valence-electron chi connectivity index (χ0n) is 25.4. The molecule has 10 nitrogen and oxygen atoms in total. The molecule has 3 aromatic rings. The minimum atomic E-state index is -4.85. The summed E-state index contributed by atoms with van der Waals surface area (Å²) in [5, 5.41) is 2.79. The monoisotopic (exact) mass is 638 g/mol. The Bertz CT molecular complexity index is 1920. The summed E-state index contributed by atoms with van der Waals surface area (Å²) >= 11 is 0. The summed E-state index contributed by atoms with van der Waals surface area (Å²) in [5.41, 5.74) is 4.84. The number of allylic oxidation sites excluding steroid dienone is 5. The Labute approximate surface area is 258 Å². The number of hydrogen-bond donors (Lipinski definition) is 3. The van der Waals surface area contributed by atoms with Crippen molar-refractivity contribution >= 4 is 48.6 Å². The number of nitrogens with zero attached hydrogens (tertiary/aromatic N) is 2. The zero-order chi connectivity index (χ0) is 32.4. The molecule has 0 atom stereocenters. The van der Waals surface area contributed by atoms with Crippen LogP contribution in [-0.4, -0.2) is 71.0 Å². The lowest BCUT2D eigenvalue weighted by Crippen LogP contribution is -2.11. The summed E-state index contributed by atoms with van der Waals surface area (Å²) in [4.78, 5) is 1.00. The quantitative estimate of drug-likeness (QED) is 0.210. The topological polar surface area (TPSA) is 136 Å². The predicted octanol–water partition coefficient (Wildman–Crippen LogP) is 5.34. The maximum atomic E-state index is 12.8.